The van der Waals surface area contributed by atoms with Gasteiger partial charge in [-0.2, -0.15) is 5.10 Å². The van der Waals surface area contributed by atoms with Crippen LogP contribution in [0.4, 0.5) is 11.4 Å². The molecule has 0 aliphatic rings. The fraction of sp³-hybridized carbons (Fsp3) is 0.250. The molecule has 0 amide bonds. The minimum Gasteiger partial charge on any atom is -0.477 e. The number of carboxylic acids is 1. The number of nitrogens with zero attached hydrogens (tertiary/aromatic N) is 3. The first-order valence-electron chi connectivity index (χ1n) is 5.57. The Morgan fingerprint density at radius 2 is 2.22 bits per heavy atom. The Morgan fingerprint density at radius 1 is 1.44 bits per heavy atom. The Labute approximate surface area is 104 Å². The summed E-state index contributed by atoms with van der Waals surface area (Å²) in [5.74, 6) is -1.04. The van der Waals surface area contributed by atoms with Crippen molar-refractivity contribution in [1.29, 1.82) is 0 Å². The first-order chi connectivity index (χ1) is 8.56. The second-order valence-corrected chi connectivity index (χ2v) is 4.16. The summed E-state index contributed by atoms with van der Waals surface area (Å²) in [6.45, 7) is 4.07. The molecule has 94 valence electrons. The molecule has 2 aromatic heterocycles. The van der Waals surface area contributed by atoms with E-state index in [0.717, 1.165) is 5.69 Å². The van der Waals surface area contributed by atoms with E-state index < -0.39 is 5.97 Å². The molecule has 2 heterocycles. The molecule has 6 nitrogen and oxygen atoms in total. The van der Waals surface area contributed by atoms with Crippen molar-refractivity contribution in [2.24, 2.45) is 0 Å². The molecule has 0 saturated carbocycles. The van der Waals surface area contributed by atoms with Crippen LogP contribution in [0.2, 0.25) is 0 Å². The lowest BCUT2D eigenvalue weighted by Gasteiger charge is -2.05. The third-order valence-electron chi connectivity index (χ3n) is 2.40. The molecular formula is C12H14N4O2. The van der Waals surface area contributed by atoms with Gasteiger partial charge >= 0.3 is 5.97 Å². The number of hydrogen-bond acceptors (Lipinski definition) is 4. The third kappa shape index (κ3) is 2.65. The number of hydrogen-bond donors (Lipinski definition) is 2. The second kappa shape index (κ2) is 4.87. The summed E-state index contributed by atoms with van der Waals surface area (Å²) in [7, 11) is 0. The first kappa shape index (κ1) is 12.1. The van der Waals surface area contributed by atoms with E-state index in [-0.39, 0.29) is 11.7 Å². The van der Waals surface area contributed by atoms with E-state index in [4.69, 9.17) is 5.11 Å². The topological polar surface area (TPSA) is 80.0 Å². The van der Waals surface area contributed by atoms with E-state index in [1.165, 1.54) is 12.3 Å². The molecule has 18 heavy (non-hydrogen) atoms. The fourth-order valence-corrected chi connectivity index (χ4v) is 1.48. The zero-order valence-electron chi connectivity index (χ0n) is 10.2. The maximum atomic E-state index is 10.8. The van der Waals surface area contributed by atoms with Crippen molar-refractivity contribution in [3.05, 3.63) is 36.4 Å². The highest BCUT2D eigenvalue weighted by Crippen LogP contribution is 2.17. The van der Waals surface area contributed by atoms with E-state index in [9.17, 15) is 4.79 Å². The Balaban J connectivity index is 2.17. The van der Waals surface area contributed by atoms with Crippen LogP contribution in [0.1, 0.15) is 30.4 Å². The standard InChI is InChI=1S/C12H14N4O2/c1-8(2)16-7-10(6-14-16)15-9-3-4-13-11(5-9)12(17)18/h3-8H,1-2H3,(H,13,15)(H,17,18). The van der Waals surface area contributed by atoms with Crippen LogP contribution in [0.3, 0.4) is 0 Å². The molecule has 0 bridgehead atoms. The average molecular weight is 246 g/mol. The van der Waals surface area contributed by atoms with Crippen LogP contribution >= 0.6 is 0 Å². The Kier molecular flexibility index (Phi) is 3.27. The number of rotatable bonds is 4. The van der Waals surface area contributed by atoms with Gasteiger partial charge in [-0.25, -0.2) is 9.78 Å². The van der Waals surface area contributed by atoms with E-state index in [2.05, 4.69) is 15.4 Å². The molecule has 6 heteroatoms. The van der Waals surface area contributed by atoms with E-state index in [0.29, 0.717) is 5.69 Å². The van der Waals surface area contributed by atoms with Crippen molar-refractivity contribution >= 4 is 17.3 Å². The molecular weight excluding hydrogens is 232 g/mol. The second-order valence-electron chi connectivity index (χ2n) is 4.16. The van der Waals surface area contributed by atoms with Gasteiger partial charge in [0.15, 0.2) is 0 Å². The highest BCUT2D eigenvalue weighted by molar-refractivity contribution is 5.86. The lowest BCUT2D eigenvalue weighted by atomic mass is 10.3. The van der Waals surface area contributed by atoms with E-state index in [1.54, 1.807) is 12.3 Å². The number of aromatic nitrogens is 3. The van der Waals surface area contributed by atoms with Crippen LogP contribution in [0.5, 0.6) is 0 Å². The number of carboxylic acid groups (broad SMARTS) is 1. The highest BCUT2D eigenvalue weighted by atomic mass is 16.4. The average Bonchev–Trinajstić information content (AvgIpc) is 2.78. The van der Waals surface area contributed by atoms with Crippen molar-refractivity contribution in [1.82, 2.24) is 14.8 Å². The SMILES string of the molecule is CC(C)n1cc(Nc2ccnc(C(=O)O)c2)cn1. The van der Waals surface area contributed by atoms with Crippen molar-refractivity contribution in [3.8, 4) is 0 Å². The summed E-state index contributed by atoms with van der Waals surface area (Å²) in [5, 5.41) is 16.1. The zero-order chi connectivity index (χ0) is 13.1. The Morgan fingerprint density at radius 3 is 2.83 bits per heavy atom. The van der Waals surface area contributed by atoms with Crippen molar-refractivity contribution in [2.75, 3.05) is 5.32 Å². The van der Waals surface area contributed by atoms with Crippen molar-refractivity contribution in [2.45, 2.75) is 19.9 Å². The van der Waals surface area contributed by atoms with Gasteiger partial charge in [0.1, 0.15) is 5.69 Å². The van der Waals surface area contributed by atoms with Gasteiger partial charge in [0.05, 0.1) is 11.9 Å². The number of aromatic carboxylic acids is 1. The molecule has 2 rings (SSSR count). The first-order valence-corrected chi connectivity index (χ1v) is 5.57. The van der Waals surface area contributed by atoms with Gasteiger partial charge in [-0.05, 0) is 26.0 Å². The van der Waals surface area contributed by atoms with Crippen LogP contribution in [0.15, 0.2) is 30.7 Å². The van der Waals surface area contributed by atoms with Crippen LogP contribution in [-0.4, -0.2) is 25.8 Å². The molecule has 0 radical (unpaired) electrons. The molecule has 0 spiro atoms. The van der Waals surface area contributed by atoms with E-state index >= 15 is 0 Å². The minimum absolute atomic E-state index is 0.0104. The van der Waals surface area contributed by atoms with Gasteiger partial charge in [-0.1, -0.05) is 0 Å². The summed E-state index contributed by atoms with van der Waals surface area (Å²) < 4.78 is 1.82. The van der Waals surface area contributed by atoms with Crippen LogP contribution in [0, 0.1) is 0 Å². The maximum Gasteiger partial charge on any atom is 0.354 e. The number of nitrogens with one attached hydrogen (secondary N) is 1. The van der Waals surface area contributed by atoms with E-state index in [1.807, 2.05) is 24.7 Å². The van der Waals surface area contributed by atoms with Gasteiger partial charge in [-0.15, -0.1) is 0 Å². The van der Waals surface area contributed by atoms with Gasteiger partial charge in [0.25, 0.3) is 0 Å². The van der Waals surface area contributed by atoms with Crippen LogP contribution in [0.25, 0.3) is 0 Å². The summed E-state index contributed by atoms with van der Waals surface area (Å²) in [6, 6.07) is 3.47. The lowest BCUT2D eigenvalue weighted by Crippen LogP contribution is -2.01. The maximum absolute atomic E-state index is 10.8. The smallest absolute Gasteiger partial charge is 0.354 e. The Hall–Kier alpha value is -2.37. The predicted molar refractivity (Wildman–Crippen MR) is 67.1 cm³/mol. The normalized spacial score (nSPS) is 10.6. The number of carbonyl (C=O) groups is 1. The van der Waals surface area contributed by atoms with Crippen molar-refractivity contribution in [3.63, 3.8) is 0 Å². The largest absolute Gasteiger partial charge is 0.477 e. The van der Waals surface area contributed by atoms with Gasteiger partial charge in [-0.3, -0.25) is 4.68 Å². The predicted octanol–water partition coefficient (Wildman–Crippen LogP) is 2.30. The highest BCUT2D eigenvalue weighted by Gasteiger charge is 2.06. The number of anilines is 2. The summed E-state index contributed by atoms with van der Waals surface area (Å²) in [4.78, 5) is 14.5. The summed E-state index contributed by atoms with van der Waals surface area (Å²) in [6.07, 6.45) is 5.02. The van der Waals surface area contributed by atoms with Gasteiger partial charge in [0, 0.05) is 24.1 Å². The van der Waals surface area contributed by atoms with Gasteiger partial charge in [0.2, 0.25) is 0 Å². The molecule has 0 fully saturated rings. The molecule has 0 saturated heterocycles. The van der Waals surface area contributed by atoms with Crippen molar-refractivity contribution < 1.29 is 9.90 Å². The molecule has 2 aromatic rings. The zero-order valence-corrected chi connectivity index (χ0v) is 10.2. The molecule has 0 unspecified atom stereocenters. The monoisotopic (exact) mass is 246 g/mol. The summed E-state index contributed by atoms with van der Waals surface area (Å²) >= 11 is 0. The molecule has 0 aromatic carbocycles. The Bertz CT molecular complexity index is 563. The lowest BCUT2D eigenvalue weighted by molar-refractivity contribution is 0.0690. The minimum atomic E-state index is -1.04. The molecule has 0 aliphatic heterocycles. The van der Waals surface area contributed by atoms with Crippen LogP contribution < -0.4 is 5.32 Å². The third-order valence-corrected chi connectivity index (χ3v) is 2.40. The molecule has 0 atom stereocenters. The molecule has 0 aliphatic carbocycles. The van der Waals surface area contributed by atoms with Gasteiger partial charge < -0.3 is 10.4 Å². The number of pyridine rings is 1. The summed E-state index contributed by atoms with van der Waals surface area (Å²) in [5.41, 5.74) is 1.49. The fourth-order valence-electron chi connectivity index (χ4n) is 1.48. The quantitative estimate of drug-likeness (QED) is 0.865. The molecule has 2 N–H and O–H groups in total. The van der Waals surface area contributed by atoms with Crippen LogP contribution in [-0.2, 0) is 0 Å².